The molecule has 0 spiro atoms. The summed E-state index contributed by atoms with van der Waals surface area (Å²) in [4.78, 5) is 27.6. The molecule has 2 amide bonds. The Bertz CT molecular complexity index is 895. The van der Waals surface area contributed by atoms with Crippen LogP contribution < -0.4 is 15.4 Å². The van der Waals surface area contributed by atoms with E-state index in [1.807, 2.05) is 13.8 Å². The van der Waals surface area contributed by atoms with Gasteiger partial charge in [0.1, 0.15) is 5.82 Å². The van der Waals surface area contributed by atoms with Gasteiger partial charge in [-0.15, -0.1) is 0 Å². The van der Waals surface area contributed by atoms with Gasteiger partial charge in [-0.05, 0) is 43.7 Å². The van der Waals surface area contributed by atoms with Crippen LogP contribution in [0.5, 0.6) is 0 Å². The lowest BCUT2D eigenvalue weighted by Gasteiger charge is -2.08. The van der Waals surface area contributed by atoms with Gasteiger partial charge in [-0.1, -0.05) is 17.7 Å². The van der Waals surface area contributed by atoms with E-state index in [0.29, 0.717) is 5.82 Å². The molecule has 0 saturated carbocycles. The molecule has 138 valence electrons. The van der Waals surface area contributed by atoms with Crippen molar-refractivity contribution >= 4 is 27.7 Å². The van der Waals surface area contributed by atoms with Gasteiger partial charge in [-0.2, -0.15) is 0 Å². The first-order valence-corrected chi connectivity index (χ1v) is 9.30. The fourth-order valence-electron chi connectivity index (χ4n) is 1.99. The van der Waals surface area contributed by atoms with Crippen molar-refractivity contribution in [2.45, 2.75) is 18.7 Å². The number of nitrogens with zero attached hydrogens (tertiary/aromatic N) is 1. The summed E-state index contributed by atoms with van der Waals surface area (Å²) in [6.07, 6.45) is 1.56. The lowest BCUT2D eigenvalue weighted by molar-refractivity contribution is -0.123. The van der Waals surface area contributed by atoms with Gasteiger partial charge < -0.3 is 10.6 Å². The SMILES string of the molecule is Cc1ccc(S(=O)(=O)NCC(=O)NCC(=O)Nc2cc(C)ccn2)cc1. The largest absolute Gasteiger partial charge is 0.346 e. The monoisotopic (exact) mass is 376 g/mol. The quantitative estimate of drug-likeness (QED) is 0.659. The number of amides is 2. The van der Waals surface area contributed by atoms with E-state index < -0.39 is 28.4 Å². The van der Waals surface area contributed by atoms with Crippen molar-refractivity contribution < 1.29 is 18.0 Å². The zero-order valence-corrected chi connectivity index (χ0v) is 15.3. The number of aromatic nitrogens is 1. The standard InChI is InChI=1S/C17H20N4O4S/c1-12-3-5-14(6-4-12)26(24,25)20-11-16(22)19-10-17(23)21-15-9-13(2)7-8-18-15/h3-9,20H,10-11H2,1-2H3,(H,19,22)(H,18,21,23). The smallest absolute Gasteiger partial charge is 0.244 e. The van der Waals surface area contributed by atoms with Crippen molar-refractivity contribution in [1.29, 1.82) is 0 Å². The Morgan fingerprint density at radius 3 is 2.31 bits per heavy atom. The number of nitrogens with one attached hydrogen (secondary N) is 3. The third kappa shape index (κ3) is 5.94. The van der Waals surface area contributed by atoms with E-state index in [1.165, 1.54) is 12.1 Å². The fraction of sp³-hybridized carbons (Fsp3) is 0.235. The molecule has 0 bridgehead atoms. The molecule has 0 aliphatic rings. The van der Waals surface area contributed by atoms with Crippen molar-refractivity contribution in [3.05, 3.63) is 53.7 Å². The van der Waals surface area contributed by atoms with Gasteiger partial charge in [0.15, 0.2) is 0 Å². The molecule has 1 heterocycles. The first-order valence-electron chi connectivity index (χ1n) is 7.82. The van der Waals surface area contributed by atoms with Crippen molar-refractivity contribution in [3.8, 4) is 0 Å². The number of pyridine rings is 1. The average molecular weight is 376 g/mol. The molecule has 0 atom stereocenters. The van der Waals surface area contributed by atoms with Gasteiger partial charge in [-0.3, -0.25) is 9.59 Å². The van der Waals surface area contributed by atoms with Gasteiger partial charge in [-0.25, -0.2) is 18.1 Å². The number of benzene rings is 1. The zero-order valence-electron chi connectivity index (χ0n) is 14.4. The van der Waals surface area contributed by atoms with Crippen LogP contribution in [-0.2, 0) is 19.6 Å². The number of carbonyl (C=O) groups is 2. The molecule has 9 heteroatoms. The predicted octanol–water partition coefficient (Wildman–Crippen LogP) is 0.732. The first kappa shape index (κ1) is 19.5. The molecule has 0 aliphatic carbocycles. The number of carbonyl (C=O) groups excluding carboxylic acids is 2. The second-order valence-electron chi connectivity index (χ2n) is 5.68. The highest BCUT2D eigenvalue weighted by Gasteiger charge is 2.15. The van der Waals surface area contributed by atoms with Crippen LogP contribution in [0.15, 0.2) is 47.5 Å². The molecular formula is C17H20N4O4S. The summed E-state index contributed by atoms with van der Waals surface area (Å²) in [5.74, 6) is -0.699. The number of aryl methyl sites for hydroxylation is 2. The van der Waals surface area contributed by atoms with Crippen LogP contribution in [0, 0.1) is 13.8 Å². The summed E-state index contributed by atoms with van der Waals surface area (Å²) in [5.41, 5.74) is 1.86. The molecule has 2 rings (SSSR count). The Kier molecular flexibility index (Phi) is 6.42. The maximum Gasteiger partial charge on any atom is 0.244 e. The molecule has 3 N–H and O–H groups in total. The predicted molar refractivity (Wildman–Crippen MR) is 97.0 cm³/mol. The van der Waals surface area contributed by atoms with E-state index in [0.717, 1.165) is 11.1 Å². The topological polar surface area (TPSA) is 117 Å². The van der Waals surface area contributed by atoms with E-state index in [-0.39, 0.29) is 11.4 Å². The second kappa shape index (κ2) is 8.54. The van der Waals surface area contributed by atoms with Gasteiger partial charge in [0.2, 0.25) is 21.8 Å². The Morgan fingerprint density at radius 2 is 1.65 bits per heavy atom. The molecule has 2 aromatic rings. The van der Waals surface area contributed by atoms with Crippen LogP contribution in [0.3, 0.4) is 0 Å². The maximum atomic E-state index is 12.1. The molecule has 0 fully saturated rings. The van der Waals surface area contributed by atoms with Gasteiger partial charge in [0, 0.05) is 6.20 Å². The number of hydrogen-bond acceptors (Lipinski definition) is 5. The minimum Gasteiger partial charge on any atom is -0.346 e. The van der Waals surface area contributed by atoms with Crippen LogP contribution in [0.4, 0.5) is 5.82 Å². The Hall–Kier alpha value is -2.78. The van der Waals surface area contributed by atoms with Crippen LogP contribution in [0.25, 0.3) is 0 Å². The van der Waals surface area contributed by atoms with Crippen LogP contribution in [0.2, 0.25) is 0 Å². The minimum atomic E-state index is -3.79. The van der Waals surface area contributed by atoms with Crippen molar-refractivity contribution in [3.63, 3.8) is 0 Å². The van der Waals surface area contributed by atoms with E-state index >= 15 is 0 Å². The minimum absolute atomic E-state index is 0.0687. The average Bonchev–Trinajstić information content (AvgIpc) is 2.59. The van der Waals surface area contributed by atoms with Gasteiger partial charge in [0.05, 0.1) is 18.0 Å². The molecule has 1 aromatic heterocycles. The number of anilines is 1. The van der Waals surface area contributed by atoms with Gasteiger partial charge in [0.25, 0.3) is 0 Å². The molecule has 1 aromatic carbocycles. The van der Waals surface area contributed by atoms with E-state index in [1.54, 1.807) is 30.5 Å². The number of sulfonamides is 1. The van der Waals surface area contributed by atoms with Crippen LogP contribution in [0.1, 0.15) is 11.1 Å². The fourth-order valence-corrected chi connectivity index (χ4v) is 2.98. The van der Waals surface area contributed by atoms with Crippen LogP contribution in [-0.4, -0.2) is 38.3 Å². The Labute approximate surface area is 152 Å². The molecule has 0 saturated heterocycles. The highest BCUT2D eigenvalue weighted by Crippen LogP contribution is 2.09. The van der Waals surface area contributed by atoms with Crippen LogP contribution >= 0.6 is 0 Å². The summed E-state index contributed by atoms with van der Waals surface area (Å²) >= 11 is 0. The highest BCUT2D eigenvalue weighted by atomic mass is 32.2. The molecule has 26 heavy (non-hydrogen) atoms. The summed E-state index contributed by atoms with van der Waals surface area (Å²) in [6, 6.07) is 9.72. The molecule has 8 nitrogen and oxygen atoms in total. The molecule has 0 aliphatic heterocycles. The third-order valence-electron chi connectivity index (χ3n) is 3.38. The van der Waals surface area contributed by atoms with E-state index in [2.05, 4.69) is 20.3 Å². The van der Waals surface area contributed by atoms with E-state index in [4.69, 9.17) is 0 Å². The molecule has 0 radical (unpaired) electrons. The number of rotatable bonds is 7. The first-order chi connectivity index (χ1) is 12.3. The van der Waals surface area contributed by atoms with Gasteiger partial charge >= 0.3 is 0 Å². The van der Waals surface area contributed by atoms with Crippen molar-refractivity contribution in [2.24, 2.45) is 0 Å². The maximum absolute atomic E-state index is 12.1. The third-order valence-corrected chi connectivity index (χ3v) is 4.80. The van der Waals surface area contributed by atoms with Crippen molar-refractivity contribution in [1.82, 2.24) is 15.0 Å². The highest BCUT2D eigenvalue weighted by molar-refractivity contribution is 7.89. The number of hydrogen-bond donors (Lipinski definition) is 3. The summed E-state index contributed by atoms with van der Waals surface area (Å²) in [5, 5.41) is 4.88. The Morgan fingerprint density at radius 1 is 0.962 bits per heavy atom. The lowest BCUT2D eigenvalue weighted by Crippen LogP contribution is -2.40. The molecule has 0 unspecified atom stereocenters. The Balaban J connectivity index is 1.79. The lowest BCUT2D eigenvalue weighted by atomic mass is 10.2. The summed E-state index contributed by atoms with van der Waals surface area (Å²) in [6.45, 7) is 2.95. The zero-order chi connectivity index (χ0) is 19.2. The normalized spacial score (nSPS) is 11.0. The van der Waals surface area contributed by atoms with E-state index in [9.17, 15) is 18.0 Å². The summed E-state index contributed by atoms with van der Waals surface area (Å²) < 4.78 is 26.4. The summed E-state index contributed by atoms with van der Waals surface area (Å²) in [7, 11) is -3.79. The van der Waals surface area contributed by atoms with Crippen molar-refractivity contribution in [2.75, 3.05) is 18.4 Å². The second-order valence-corrected chi connectivity index (χ2v) is 7.45. The molecular weight excluding hydrogens is 356 g/mol.